The maximum atomic E-state index is 12.1. The number of carbonyl (C=O) groups is 1. The van der Waals surface area contributed by atoms with Gasteiger partial charge in [0.2, 0.25) is 5.91 Å². The van der Waals surface area contributed by atoms with Gasteiger partial charge in [-0.15, -0.1) is 0 Å². The maximum absolute atomic E-state index is 12.1. The van der Waals surface area contributed by atoms with Crippen LogP contribution in [0.3, 0.4) is 0 Å². The first-order valence-electron chi connectivity index (χ1n) is 7.35. The minimum absolute atomic E-state index is 0.166. The summed E-state index contributed by atoms with van der Waals surface area (Å²) in [4.78, 5) is 18.3. The van der Waals surface area contributed by atoms with Crippen LogP contribution in [0.4, 0.5) is 0 Å². The summed E-state index contributed by atoms with van der Waals surface area (Å²) < 4.78 is 1.95. The van der Waals surface area contributed by atoms with Gasteiger partial charge >= 0.3 is 0 Å². The zero-order valence-electron chi connectivity index (χ0n) is 11.9. The van der Waals surface area contributed by atoms with E-state index >= 15 is 0 Å². The van der Waals surface area contributed by atoms with E-state index in [1.165, 1.54) is 6.42 Å². The molecule has 0 aromatic carbocycles. The van der Waals surface area contributed by atoms with Gasteiger partial charge in [0, 0.05) is 25.8 Å². The van der Waals surface area contributed by atoms with Crippen LogP contribution in [-0.4, -0.2) is 39.8 Å². The molecule has 0 unspecified atom stereocenters. The summed E-state index contributed by atoms with van der Waals surface area (Å²) in [6, 6.07) is 5.78. The highest BCUT2D eigenvalue weighted by Gasteiger charge is 2.16. The van der Waals surface area contributed by atoms with Gasteiger partial charge in [0.15, 0.2) is 5.15 Å². The van der Waals surface area contributed by atoms with Gasteiger partial charge in [0.25, 0.3) is 0 Å². The van der Waals surface area contributed by atoms with Gasteiger partial charge in [0.1, 0.15) is 5.65 Å². The van der Waals surface area contributed by atoms with Crippen LogP contribution in [0.5, 0.6) is 0 Å². The number of pyridine rings is 1. The van der Waals surface area contributed by atoms with Crippen LogP contribution in [0.2, 0.25) is 5.15 Å². The summed E-state index contributed by atoms with van der Waals surface area (Å²) in [5, 5.41) is 3.67. The lowest BCUT2D eigenvalue weighted by molar-refractivity contribution is -0.131. The fourth-order valence-electron chi connectivity index (χ4n) is 2.72. The monoisotopic (exact) mass is 306 g/mol. The van der Waals surface area contributed by atoms with Crippen molar-refractivity contribution in [3.63, 3.8) is 0 Å². The number of rotatable bonds is 4. The fourth-order valence-corrected chi connectivity index (χ4v) is 2.96. The minimum Gasteiger partial charge on any atom is -0.342 e. The third-order valence-electron chi connectivity index (χ3n) is 3.86. The topological polar surface area (TPSA) is 49.6 Å². The van der Waals surface area contributed by atoms with Crippen LogP contribution in [-0.2, 0) is 11.3 Å². The summed E-state index contributed by atoms with van der Waals surface area (Å²) in [5.74, 6) is 0.166. The van der Waals surface area contributed by atoms with Gasteiger partial charge < -0.3 is 14.6 Å². The van der Waals surface area contributed by atoms with E-state index in [9.17, 15) is 4.79 Å². The molecule has 2 aromatic heterocycles. The Kier molecular flexibility index (Phi) is 4.41. The Balaban J connectivity index is 1.59. The molecule has 0 bridgehead atoms. The summed E-state index contributed by atoms with van der Waals surface area (Å²) in [6.45, 7) is 2.65. The van der Waals surface area contributed by atoms with E-state index in [0.717, 1.165) is 37.3 Å². The number of piperidine rings is 1. The number of hydrogen-bond donors (Lipinski definition) is 1. The molecule has 6 heteroatoms. The second kappa shape index (κ2) is 6.45. The van der Waals surface area contributed by atoms with Crippen molar-refractivity contribution in [3.8, 4) is 0 Å². The van der Waals surface area contributed by atoms with E-state index in [1.54, 1.807) is 0 Å². The number of halogens is 1. The Morgan fingerprint density at radius 3 is 2.90 bits per heavy atom. The van der Waals surface area contributed by atoms with Crippen LogP contribution in [0.1, 0.15) is 25.0 Å². The molecule has 2 aromatic rings. The highest BCUT2D eigenvalue weighted by Crippen LogP contribution is 2.17. The first kappa shape index (κ1) is 14.4. The van der Waals surface area contributed by atoms with E-state index in [2.05, 4.69) is 10.3 Å². The molecule has 0 saturated carbocycles. The van der Waals surface area contributed by atoms with Crippen LogP contribution < -0.4 is 5.32 Å². The van der Waals surface area contributed by atoms with Crippen molar-refractivity contribution in [3.05, 3.63) is 35.2 Å². The lowest BCUT2D eigenvalue weighted by Crippen LogP contribution is -2.41. The first-order valence-corrected chi connectivity index (χ1v) is 7.73. The van der Waals surface area contributed by atoms with Gasteiger partial charge in [-0.1, -0.05) is 17.7 Å². The Morgan fingerprint density at radius 1 is 1.29 bits per heavy atom. The second-order valence-electron chi connectivity index (χ2n) is 5.32. The number of imidazole rings is 1. The number of nitrogens with one attached hydrogen (secondary N) is 1. The number of amides is 1. The van der Waals surface area contributed by atoms with Crippen molar-refractivity contribution in [2.24, 2.45) is 0 Å². The number of nitrogens with zero attached hydrogens (tertiary/aromatic N) is 3. The lowest BCUT2D eigenvalue weighted by atomic mass is 10.1. The summed E-state index contributed by atoms with van der Waals surface area (Å²) in [6.07, 6.45) is 5.39. The molecule has 0 aliphatic carbocycles. The average Bonchev–Trinajstić information content (AvgIpc) is 2.84. The van der Waals surface area contributed by atoms with Gasteiger partial charge in [-0.3, -0.25) is 4.79 Å². The second-order valence-corrected chi connectivity index (χ2v) is 5.68. The summed E-state index contributed by atoms with van der Waals surface area (Å²) >= 11 is 6.16. The number of carbonyl (C=O) groups excluding carboxylic acids is 1. The molecule has 21 heavy (non-hydrogen) atoms. The Hall–Kier alpha value is -1.59. The smallest absolute Gasteiger partial charge is 0.236 e. The number of hydrogen-bond acceptors (Lipinski definition) is 3. The summed E-state index contributed by atoms with van der Waals surface area (Å²) in [5.41, 5.74) is 1.71. The largest absolute Gasteiger partial charge is 0.342 e. The van der Waals surface area contributed by atoms with Crippen LogP contribution in [0, 0.1) is 0 Å². The van der Waals surface area contributed by atoms with E-state index in [1.807, 2.05) is 33.7 Å². The van der Waals surface area contributed by atoms with Gasteiger partial charge in [-0.05, 0) is 31.4 Å². The molecule has 112 valence electrons. The van der Waals surface area contributed by atoms with E-state index in [-0.39, 0.29) is 5.91 Å². The van der Waals surface area contributed by atoms with E-state index < -0.39 is 0 Å². The molecule has 1 fully saturated rings. The Labute approximate surface area is 128 Å². The number of likely N-dealkylation sites (tertiary alicyclic amines) is 1. The van der Waals surface area contributed by atoms with Gasteiger partial charge in [-0.25, -0.2) is 4.98 Å². The highest BCUT2D eigenvalue weighted by atomic mass is 35.5. The van der Waals surface area contributed by atoms with Crippen LogP contribution in [0.15, 0.2) is 24.4 Å². The van der Waals surface area contributed by atoms with Crippen LogP contribution in [0.25, 0.3) is 5.65 Å². The zero-order chi connectivity index (χ0) is 14.7. The molecule has 1 aliphatic heterocycles. The number of aromatic nitrogens is 2. The van der Waals surface area contributed by atoms with Gasteiger partial charge in [-0.2, -0.15) is 0 Å². The maximum Gasteiger partial charge on any atom is 0.236 e. The van der Waals surface area contributed by atoms with Crippen molar-refractivity contribution >= 4 is 23.2 Å². The first-order chi connectivity index (χ1) is 10.3. The molecule has 1 aliphatic rings. The van der Waals surface area contributed by atoms with Crippen molar-refractivity contribution in [1.82, 2.24) is 19.6 Å². The van der Waals surface area contributed by atoms with E-state index in [4.69, 9.17) is 11.6 Å². The molecule has 3 rings (SSSR count). The Morgan fingerprint density at radius 2 is 2.10 bits per heavy atom. The molecule has 1 N–H and O–H groups in total. The molecular weight excluding hydrogens is 288 g/mol. The third-order valence-corrected chi connectivity index (χ3v) is 4.16. The Bertz CT molecular complexity index is 634. The summed E-state index contributed by atoms with van der Waals surface area (Å²) in [7, 11) is 0. The normalized spacial score (nSPS) is 15.6. The van der Waals surface area contributed by atoms with Crippen molar-refractivity contribution in [1.29, 1.82) is 0 Å². The SMILES string of the molecule is O=C(CNCc1c(Cl)nc2ccccn12)N1CCCCC1. The standard InChI is InChI=1S/C15H19ClN4O/c16-15-12(20-9-5-2-6-13(20)18-15)10-17-11-14(21)19-7-3-1-4-8-19/h2,5-6,9,17H,1,3-4,7-8,10-11H2. The van der Waals surface area contributed by atoms with Crippen LogP contribution >= 0.6 is 11.6 Å². The van der Waals surface area contributed by atoms with Gasteiger partial charge in [0.05, 0.1) is 12.2 Å². The predicted molar refractivity (Wildman–Crippen MR) is 82.3 cm³/mol. The molecule has 1 amide bonds. The minimum atomic E-state index is 0.166. The third kappa shape index (κ3) is 3.19. The molecular formula is C15H19ClN4O. The highest BCUT2D eigenvalue weighted by molar-refractivity contribution is 6.30. The zero-order valence-corrected chi connectivity index (χ0v) is 12.6. The van der Waals surface area contributed by atoms with Crippen molar-refractivity contribution in [2.45, 2.75) is 25.8 Å². The molecule has 5 nitrogen and oxygen atoms in total. The van der Waals surface area contributed by atoms with E-state index in [0.29, 0.717) is 18.2 Å². The molecule has 0 atom stereocenters. The fraction of sp³-hybridized carbons (Fsp3) is 0.467. The van der Waals surface area contributed by atoms with Crippen molar-refractivity contribution < 1.29 is 4.79 Å². The predicted octanol–water partition coefficient (Wildman–Crippen LogP) is 2.09. The quantitative estimate of drug-likeness (QED) is 0.941. The molecule has 3 heterocycles. The molecule has 0 spiro atoms. The number of fused-ring (bicyclic) bond motifs is 1. The molecule has 0 radical (unpaired) electrons. The van der Waals surface area contributed by atoms with Crippen molar-refractivity contribution in [2.75, 3.05) is 19.6 Å². The molecule has 1 saturated heterocycles. The average molecular weight is 307 g/mol. The lowest BCUT2D eigenvalue weighted by Gasteiger charge is -2.26.